The fourth-order valence-electron chi connectivity index (χ4n) is 3.32. The van der Waals surface area contributed by atoms with Crippen LogP contribution in [0, 0.1) is 13.8 Å². The highest BCUT2D eigenvalue weighted by molar-refractivity contribution is 5.74. The maximum Gasteiger partial charge on any atom is 0.220 e. The van der Waals surface area contributed by atoms with Gasteiger partial charge in [0.2, 0.25) is 5.91 Å². The van der Waals surface area contributed by atoms with E-state index in [9.17, 15) is 4.79 Å². The van der Waals surface area contributed by atoms with Crippen LogP contribution in [0.2, 0.25) is 0 Å². The first-order valence-electron chi connectivity index (χ1n) is 8.00. The monoisotopic (exact) mass is 313 g/mol. The first-order valence-corrected chi connectivity index (χ1v) is 8.00. The molecule has 0 saturated carbocycles. The maximum absolute atomic E-state index is 11.9. The normalized spacial score (nSPS) is 18.2. The molecule has 23 heavy (non-hydrogen) atoms. The van der Waals surface area contributed by atoms with Crippen LogP contribution in [0.1, 0.15) is 35.5 Å². The van der Waals surface area contributed by atoms with Crippen LogP contribution in [0.25, 0.3) is 0 Å². The molecule has 0 N–H and O–H groups in total. The summed E-state index contributed by atoms with van der Waals surface area (Å²) in [6, 6.07) is 10.2. The Morgan fingerprint density at radius 1 is 1.30 bits per heavy atom. The number of rotatable bonds is 3. The molecule has 5 nitrogen and oxygen atoms in total. The van der Waals surface area contributed by atoms with Crippen LogP contribution in [-0.4, -0.2) is 40.3 Å². The molecule has 0 bridgehead atoms. The van der Waals surface area contributed by atoms with E-state index in [1.54, 1.807) is 6.92 Å². The van der Waals surface area contributed by atoms with Gasteiger partial charge < -0.3 is 9.64 Å². The van der Waals surface area contributed by atoms with E-state index < -0.39 is 0 Å². The van der Waals surface area contributed by atoms with Crippen LogP contribution in [0.15, 0.2) is 30.3 Å². The quantitative estimate of drug-likeness (QED) is 0.874. The second kappa shape index (κ2) is 6.54. The van der Waals surface area contributed by atoms with Gasteiger partial charge in [0.1, 0.15) is 0 Å². The van der Waals surface area contributed by atoms with Crippen LogP contribution >= 0.6 is 0 Å². The summed E-state index contributed by atoms with van der Waals surface area (Å²) < 4.78 is 7.64. The summed E-state index contributed by atoms with van der Waals surface area (Å²) in [5.41, 5.74) is 4.41. The average Bonchev–Trinajstić information content (AvgIpc) is 2.82. The molecule has 1 fully saturated rings. The van der Waals surface area contributed by atoms with Gasteiger partial charge in [0.25, 0.3) is 0 Å². The summed E-state index contributed by atoms with van der Waals surface area (Å²) in [6.07, 6.45) is 0. The van der Waals surface area contributed by atoms with E-state index >= 15 is 0 Å². The number of hydrogen-bond donors (Lipinski definition) is 0. The predicted octanol–water partition coefficient (Wildman–Crippen LogP) is 2.47. The number of ether oxygens (including phenoxy) is 1. The Hall–Kier alpha value is -2.14. The standard InChI is InChI=1S/C18H23N3O2/c1-13-18(17-12-23-10-9-20(17)15(3)22)14(2)21(19-13)11-16-7-5-4-6-8-16/h4-8,17H,9-12H2,1-3H3/t17-/m1/s1. The van der Waals surface area contributed by atoms with Crippen molar-refractivity contribution < 1.29 is 9.53 Å². The molecule has 122 valence electrons. The third kappa shape index (κ3) is 3.15. The lowest BCUT2D eigenvalue weighted by Gasteiger charge is -2.35. The summed E-state index contributed by atoms with van der Waals surface area (Å²) in [5.74, 6) is 0.0907. The molecule has 1 saturated heterocycles. The lowest BCUT2D eigenvalue weighted by atomic mass is 10.0. The second-order valence-electron chi connectivity index (χ2n) is 6.03. The molecular formula is C18H23N3O2. The molecule has 2 heterocycles. The zero-order valence-corrected chi connectivity index (χ0v) is 14.0. The van der Waals surface area contributed by atoms with E-state index in [0.29, 0.717) is 19.8 Å². The van der Waals surface area contributed by atoms with Gasteiger partial charge in [0, 0.05) is 24.7 Å². The van der Waals surface area contributed by atoms with Crippen LogP contribution in [0.3, 0.4) is 0 Å². The Labute approximate surface area is 136 Å². The van der Waals surface area contributed by atoms with E-state index in [0.717, 1.165) is 23.5 Å². The SMILES string of the molecule is CC(=O)N1CCOC[C@@H]1c1c(C)nn(Cc2ccccc2)c1C. The van der Waals surface area contributed by atoms with Gasteiger partial charge in [-0.05, 0) is 19.4 Å². The minimum Gasteiger partial charge on any atom is -0.377 e. The smallest absolute Gasteiger partial charge is 0.220 e. The highest BCUT2D eigenvalue weighted by Gasteiger charge is 2.31. The van der Waals surface area contributed by atoms with E-state index in [1.807, 2.05) is 34.7 Å². The molecule has 0 unspecified atom stereocenters. The zero-order valence-electron chi connectivity index (χ0n) is 14.0. The third-order valence-corrected chi connectivity index (χ3v) is 4.48. The highest BCUT2D eigenvalue weighted by atomic mass is 16.5. The minimum absolute atomic E-state index is 0.0363. The van der Waals surface area contributed by atoms with Crippen molar-refractivity contribution in [1.29, 1.82) is 0 Å². The molecule has 1 aliphatic rings. The summed E-state index contributed by atoms with van der Waals surface area (Å²) in [5, 5.41) is 4.70. The Balaban J connectivity index is 1.92. The van der Waals surface area contributed by atoms with Crippen molar-refractivity contribution in [3.8, 4) is 0 Å². The zero-order chi connectivity index (χ0) is 16.4. The van der Waals surface area contributed by atoms with Crippen LogP contribution in [-0.2, 0) is 16.1 Å². The first kappa shape index (κ1) is 15.7. The fourth-order valence-corrected chi connectivity index (χ4v) is 3.32. The van der Waals surface area contributed by atoms with Gasteiger partial charge in [-0.25, -0.2) is 0 Å². The number of carbonyl (C=O) groups excluding carboxylic acids is 1. The number of benzene rings is 1. The van der Waals surface area contributed by atoms with Crippen molar-refractivity contribution in [3.05, 3.63) is 52.8 Å². The van der Waals surface area contributed by atoms with E-state index in [-0.39, 0.29) is 11.9 Å². The third-order valence-electron chi connectivity index (χ3n) is 4.48. The van der Waals surface area contributed by atoms with Gasteiger partial charge in [-0.15, -0.1) is 0 Å². The van der Waals surface area contributed by atoms with Gasteiger partial charge in [-0.3, -0.25) is 9.48 Å². The largest absolute Gasteiger partial charge is 0.377 e. The van der Waals surface area contributed by atoms with Gasteiger partial charge in [-0.2, -0.15) is 5.10 Å². The molecule has 3 rings (SSSR count). The van der Waals surface area contributed by atoms with Crippen LogP contribution < -0.4 is 0 Å². The Morgan fingerprint density at radius 3 is 2.74 bits per heavy atom. The Morgan fingerprint density at radius 2 is 2.04 bits per heavy atom. The number of amides is 1. The molecular weight excluding hydrogens is 290 g/mol. The van der Waals surface area contributed by atoms with Gasteiger partial charge in [-0.1, -0.05) is 30.3 Å². The second-order valence-corrected chi connectivity index (χ2v) is 6.03. The van der Waals surface area contributed by atoms with Crippen molar-refractivity contribution in [2.24, 2.45) is 0 Å². The fraction of sp³-hybridized carbons (Fsp3) is 0.444. The summed E-state index contributed by atoms with van der Waals surface area (Å²) in [4.78, 5) is 13.8. The van der Waals surface area contributed by atoms with Gasteiger partial charge >= 0.3 is 0 Å². The lowest BCUT2D eigenvalue weighted by molar-refractivity contribution is -0.137. The minimum atomic E-state index is -0.0363. The molecule has 1 aliphatic heterocycles. The molecule has 1 aromatic carbocycles. The first-order chi connectivity index (χ1) is 11.1. The van der Waals surface area contributed by atoms with Crippen LogP contribution in [0.5, 0.6) is 0 Å². The van der Waals surface area contributed by atoms with E-state index in [2.05, 4.69) is 19.1 Å². The maximum atomic E-state index is 11.9. The van der Waals surface area contributed by atoms with Crippen molar-refractivity contribution in [2.45, 2.75) is 33.4 Å². The number of carbonyl (C=O) groups is 1. The molecule has 0 spiro atoms. The summed E-state index contributed by atoms with van der Waals surface area (Å²) in [7, 11) is 0. The number of aromatic nitrogens is 2. The number of hydrogen-bond acceptors (Lipinski definition) is 3. The molecule has 0 aliphatic carbocycles. The van der Waals surface area contributed by atoms with Crippen molar-refractivity contribution in [2.75, 3.05) is 19.8 Å². The van der Waals surface area contributed by atoms with Crippen molar-refractivity contribution in [1.82, 2.24) is 14.7 Å². The lowest BCUT2D eigenvalue weighted by Crippen LogP contribution is -2.42. The van der Waals surface area contributed by atoms with Crippen molar-refractivity contribution in [3.63, 3.8) is 0 Å². The number of aryl methyl sites for hydroxylation is 1. The molecule has 0 radical (unpaired) electrons. The number of morpholine rings is 1. The summed E-state index contributed by atoms with van der Waals surface area (Å²) >= 11 is 0. The number of nitrogens with zero attached hydrogens (tertiary/aromatic N) is 3. The van der Waals surface area contributed by atoms with E-state index in [1.165, 1.54) is 5.56 Å². The molecule has 1 amide bonds. The average molecular weight is 313 g/mol. The Bertz CT molecular complexity index is 694. The van der Waals surface area contributed by atoms with Gasteiger partial charge in [0.05, 0.1) is 31.5 Å². The van der Waals surface area contributed by atoms with E-state index in [4.69, 9.17) is 9.84 Å². The molecule has 1 atom stereocenters. The molecule has 2 aromatic rings. The highest BCUT2D eigenvalue weighted by Crippen LogP contribution is 2.29. The predicted molar refractivity (Wildman–Crippen MR) is 88.2 cm³/mol. The summed E-state index contributed by atoms with van der Waals surface area (Å²) in [6.45, 7) is 8.23. The molecule has 5 heteroatoms. The molecule has 1 aromatic heterocycles. The topological polar surface area (TPSA) is 47.4 Å². The van der Waals surface area contributed by atoms with Gasteiger partial charge in [0.15, 0.2) is 0 Å². The van der Waals surface area contributed by atoms with Crippen LogP contribution in [0.4, 0.5) is 0 Å². The Kier molecular flexibility index (Phi) is 4.48. The van der Waals surface area contributed by atoms with Crippen molar-refractivity contribution >= 4 is 5.91 Å².